The van der Waals surface area contributed by atoms with Gasteiger partial charge in [0.25, 0.3) is 5.91 Å². The van der Waals surface area contributed by atoms with E-state index in [9.17, 15) is 18.0 Å². The lowest BCUT2D eigenvalue weighted by molar-refractivity contribution is -0.138. The lowest BCUT2D eigenvalue weighted by Crippen LogP contribution is -2.25. The molecule has 10 heteroatoms. The molecule has 3 aromatic rings. The molecular weight excluding hydrogens is 459 g/mol. The highest BCUT2D eigenvalue weighted by Gasteiger charge is 2.40. The van der Waals surface area contributed by atoms with E-state index in [4.69, 9.17) is 9.72 Å². The number of alkyl halides is 3. The number of carbonyl (C=O) groups is 1. The van der Waals surface area contributed by atoms with Crippen LogP contribution in [0.25, 0.3) is 0 Å². The topological polar surface area (TPSA) is 73.1 Å². The minimum Gasteiger partial charge on any atom is -0.381 e. The molecule has 2 aromatic heterocycles. The maximum atomic E-state index is 13.6. The van der Waals surface area contributed by atoms with E-state index in [1.807, 2.05) is 17.7 Å². The quantitative estimate of drug-likeness (QED) is 0.527. The Kier molecular flexibility index (Phi) is 6.08. The van der Waals surface area contributed by atoms with Gasteiger partial charge < -0.3 is 9.30 Å². The zero-order valence-electron chi connectivity index (χ0n) is 19.5. The minimum atomic E-state index is -4.53. The number of aromatic nitrogens is 4. The van der Waals surface area contributed by atoms with Crippen LogP contribution in [0.15, 0.2) is 36.7 Å². The number of aryl methyl sites for hydroxylation is 1. The summed E-state index contributed by atoms with van der Waals surface area (Å²) in [5.41, 5.74) is 1.09. The van der Waals surface area contributed by atoms with Gasteiger partial charge in [-0.3, -0.25) is 9.69 Å². The number of hydrogen-bond donors (Lipinski definition) is 0. The van der Waals surface area contributed by atoms with Gasteiger partial charge in [0.05, 0.1) is 12.1 Å². The third-order valence-corrected chi connectivity index (χ3v) is 6.91. The van der Waals surface area contributed by atoms with Crippen LogP contribution < -0.4 is 4.90 Å². The molecule has 0 spiro atoms. The zero-order chi connectivity index (χ0) is 24.7. The van der Waals surface area contributed by atoms with Gasteiger partial charge in [0.2, 0.25) is 0 Å². The van der Waals surface area contributed by atoms with E-state index in [0.717, 1.165) is 36.0 Å². The maximum Gasteiger partial charge on any atom is 0.416 e. The normalized spacial score (nSPS) is 17.6. The first-order valence-electron chi connectivity index (χ1n) is 11.7. The van der Waals surface area contributed by atoms with Gasteiger partial charge in [-0.1, -0.05) is 13.0 Å². The van der Waals surface area contributed by atoms with Gasteiger partial charge in [0.1, 0.15) is 18.0 Å². The van der Waals surface area contributed by atoms with Crippen LogP contribution in [0.3, 0.4) is 0 Å². The molecule has 35 heavy (non-hydrogen) atoms. The predicted molar refractivity (Wildman–Crippen MR) is 122 cm³/mol. The fraction of sp³-hybridized carbons (Fsp3) is 0.440. The lowest BCUT2D eigenvalue weighted by Gasteiger charge is -2.25. The summed E-state index contributed by atoms with van der Waals surface area (Å²) in [5, 5.41) is 8.12. The number of halogens is 3. The van der Waals surface area contributed by atoms with Crippen molar-refractivity contribution < 1.29 is 22.7 Å². The van der Waals surface area contributed by atoms with Crippen molar-refractivity contribution in [2.45, 2.75) is 50.7 Å². The SMILES string of the molecule is C[C@H](Cc1nncn1C)c1cc(C2CCOCC2)nc(N2Cc3c(cccc3C(F)(F)F)C2=O)c1. The Bertz CT molecular complexity index is 1250. The summed E-state index contributed by atoms with van der Waals surface area (Å²) in [7, 11) is 1.88. The second-order valence-electron chi connectivity index (χ2n) is 9.25. The fourth-order valence-corrected chi connectivity index (χ4v) is 4.85. The molecule has 4 heterocycles. The van der Waals surface area contributed by atoms with E-state index in [2.05, 4.69) is 23.2 Å². The largest absolute Gasteiger partial charge is 0.416 e. The third kappa shape index (κ3) is 4.54. The molecule has 1 fully saturated rings. The van der Waals surface area contributed by atoms with E-state index >= 15 is 0 Å². The standard InChI is InChI=1S/C25H26F3N5O2/c1-15(10-23-31-29-14-32(23)2)17-11-21(16-6-8-35-9-7-16)30-22(12-17)33-13-19-18(24(33)34)4-3-5-20(19)25(26,27)28/h3-5,11-12,14-16H,6-10,13H2,1-2H3/t15-/m1/s1. The molecule has 1 atom stereocenters. The zero-order valence-corrected chi connectivity index (χ0v) is 19.5. The highest BCUT2D eigenvalue weighted by molar-refractivity contribution is 6.09. The summed E-state index contributed by atoms with van der Waals surface area (Å²) in [6, 6.07) is 7.63. The summed E-state index contributed by atoms with van der Waals surface area (Å²) in [6.07, 6.45) is -0.653. The maximum absolute atomic E-state index is 13.6. The van der Waals surface area contributed by atoms with Gasteiger partial charge in [-0.25, -0.2) is 4.98 Å². The van der Waals surface area contributed by atoms with Crippen LogP contribution in [0.4, 0.5) is 19.0 Å². The Hall–Kier alpha value is -3.27. The van der Waals surface area contributed by atoms with Crippen molar-refractivity contribution in [3.8, 4) is 0 Å². The molecule has 7 nitrogen and oxygen atoms in total. The Morgan fingerprint density at radius 1 is 1.20 bits per heavy atom. The number of fused-ring (bicyclic) bond motifs is 1. The molecule has 0 saturated carbocycles. The van der Waals surface area contributed by atoms with Crippen molar-refractivity contribution in [1.29, 1.82) is 0 Å². The summed E-state index contributed by atoms with van der Waals surface area (Å²) in [6.45, 7) is 3.15. The lowest BCUT2D eigenvalue weighted by atomic mass is 9.91. The van der Waals surface area contributed by atoms with Gasteiger partial charge in [-0.2, -0.15) is 13.2 Å². The van der Waals surface area contributed by atoms with Crippen LogP contribution >= 0.6 is 0 Å². The second-order valence-corrected chi connectivity index (χ2v) is 9.25. The number of anilines is 1. The van der Waals surface area contributed by atoms with Crippen LogP contribution in [-0.4, -0.2) is 38.9 Å². The fourth-order valence-electron chi connectivity index (χ4n) is 4.85. The molecule has 1 amide bonds. The minimum absolute atomic E-state index is 0.00282. The number of nitrogens with zero attached hydrogens (tertiary/aromatic N) is 5. The number of rotatable bonds is 5. The van der Waals surface area contributed by atoms with Crippen molar-refractivity contribution in [2.75, 3.05) is 18.1 Å². The second kappa shape index (κ2) is 9.07. The number of pyridine rings is 1. The van der Waals surface area contributed by atoms with E-state index < -0.39 is 17.6 Å². The van der Waals surface area contributed by atoms with Crippen LogP contribution in [0.2, 0.25) is 0 Å². The Labute approximate surface area is 200 Å². The first kappa shape index (κ1) is 23.5. The van der Waals surface area contributed by atoms with E-state index in [-0.39, 0.29) is 29.5 Å². The van der Waals surface area contributed by atoms with Crippen molar-refractivity contribution in [2.24, 2.45) is 7.05 Å². The summed E-state index contributed by atoms with van der Waals surface area (Å²) >= 11 is 0. The molecular formula is C25H26F3N5O2. The number of carbonyl (C=O) groups excluding carboxylic acids is 1. The van der Waals surface area contributed by atoms with E-state index in [1.54, 1.807) is 6.33 Å². The Balaban J connectivity index is 1.53. The number of amides is 1. The first-order valence-corrected chi connectivity index (χ1v) is 11.7. The molecule has 1 aromatic carbocycles. The molecule has 5 rings (SSSR count). The third-order valence-electron chi connectivity index (χ3n) is 6.91. The van der Waals surface area contributed by atoms with Crippen molar-refractivity contribution in [1.82, 2.24) is 19.7 Å². The van der Waals surface area contributed by atoms with Gasteiger partial charge in [0, 0.05) is 43.9 Å². The molecule has 0 aliphatic carbocycles. The van der Waals surface area contributed by atoms with Crippen LogP contribution in [0.1, 0.15) is 70.2 Å². The molecule has 2 aliphatic rings. The van der Waals surface area contributed by atoms with E-state index in [0.29, 0.717) is 25.5 Å². The Morgan fingerprint density at radius 3 is 2.66 bits per heavy atom. The number of hydrogen-bond acceptors (Lipinski definition) is 5. The first-order chi connectivity index (χ1) is 16.7. The summed E-state index contributed by atoms with van der Waals surface area (Å²) < 4.78 is 48.2. The summed E-state index contributed by atoms with van der Waals surface area (Å²) in [5.74, 6) is 0.931. The molecule has 0 radical (unpaired) electrons. The highest BCUT2D eigenvalue weighted by Crippen LogP contribution is 2.39. The predicted octanol–water partition coefficient (Wildman–Crippen LogP) is 4.63. The van der Waals surface area contributed by atoms with Gasteiger partial charge >= 0.3 is 6.18 Å². The van der Waals surface area contributed by atoms with Crippen molar-refractivity contribution >= 4 is 11.7 Å². The van der Waals surface area contributed by atoms with Crippen LogP contribution in [0, 0.1) is 0 Å². The molecule has 2 aliphatic heterocycles. The monoisotopic (exact) mass is 485 g/mol. The van der Waals surface area contributed by atoms with Crippen molar-refractivity contribution in [3.63, 3.8) is 0 Å². The van der Waals surface area contributed by atoms with E-state index in [1.165, 1.54) is 17.0 Å². The van der Waals surface area contributed by atoms with Crippen LogP contribution in [-0.2, 0) is 30.9 Å². The highest BCUT2D eigenvalue weighted by atomic mass is 19.4. The molecule has 0 bridgehead atoms. The van der Waals surface area contributed by atoms with Crippen molar-refractivity contribution in [3.05, 3.63) is 70.4 Å². The number of benzene rings is 1. The van der Waals surface area contributed by atoms with Gasteiger partial charge in [0.15, 0.2) is 0 Å². The Morgan fingerprint density at radius 2 is 1.97 bits per heavy atom. The average molecular weight is 486 g/mol. The van der Waals surface area contributed by atoms with Gasteiger partial charge in [-0.15, -0.1) is 10.2 Å². The number of ether oxygens (including phenoxy) is 1. The molecule has 184 valence electrons. The molecule has 0 N–H and O–H groups in total. The average Bonchev–Trinajstić information content (AvgIpc) is 3.41. The molecule has 1 saturated heterocycles. The van der Waals surface area contributed by atoms with Crippen LogP contribution in [0.5, 0.6) is 0 Å². The molecule has 0 unspecified atom stereocenters. The smallest absolute Gasteiger partial charge is 0.381 e. The van der Waals surface area contributed by atoms with Gasteiger partial charge in [-0.05, 0) is 54.2 Å². The summed E-state index contributed by atoms with van der Waals surface area (Å²) in [4.78, 5) is 19.4.